The van der Waals surface area contributed by atoms with Crippen LogP contribution in [0, 0.1) is 3.57 Å². The molecule has 0 aliphatic rings. The minimum Gasteiger partial charge on any atom is -0.449 e. The Balaban J connectivity index is 1.94. The van der Waals surface area contributed by atoms with Crippen LogP contribution in [0.3, 0.4) is 0 Å². The van der Waals surface area contributed by atoms with Gasteiger partial charge >= 0.3 is 5.97 Å². The van der Waals surface area contributed by atoms with Crippen LogP contribution in [0.1, 0.15) is 17.3 Å². The van der Waals surface area contributed by atoms with Crippen LogP contribution in [0.4, 0.5) is 5.69 Å². The fourth-order valence-corrected chi connectivity index (χ4v) is 1.99. The Morgan fingerprint density at radius 3 is 2.29 bits per heavy atom. The lowest BCUT2D eigenvalue weighted by atomic mass is 10.2. The molecule has 0 fully saturated rings. The zero-order valence-electron chi connectivity index (χ0n) is 11.4. The number of hydrogen-bond donors (Lipinski definition) is 1. The highest BCUT2D eigenvalue weighted by Gasteiger charge is 2.18. The largest absolute Gasteiger partial charge is 0.449 e. The summed E-state index contributed by atoms with van der Waals surface area (Å²) in [5, 5.41) is 2.69. The highest BCUT2D eigenvalue weighted by molar-refractivity contribution is 14.1. The molecule has 2 rings (SSSR count). The van der Waals surface area contributed by atoms with Crippen molar-refractivity contribution < 1.29 is 14.3 Å². The number of nitrogens with one attached hydrogen (secondary N) is 1. The first kappa shape index (κ1) is 15.5. The molecule has 0 aliphatic carbocycles. The number of ether oxygens (including phenoxy) is 1. The highest BCUT2D eigenvalue weighted by atomic mass is 127. The van der Waals surface area contributed by atoms with E-state index in [1.54, 1.807) is 31.2 Å². The van der Waals surface area contributed by atoms with Crippen molar-refractivity contribution >= 4 is 40.2 Å². The molecule has 0 unspecified atom stereocenters. The van der Waals surface area contributed by atoms with Crippen molar-refractivity contribution in [2.45, 2.75) is 13.0 Å². The molecule has 1 atom stereocenters. The number of para-hydroxylation sites is 1. The lowest BCUT2D eigenvalue weighted by Gasteiger charge is -2.13. The van der Waals surface area contributed by atoms with E-state index in [4.69, 9.17) is 4.74 Å². The number of carbonyl (C=O) groups is 2. The van der Waals surface area contributed by atoms with Crippen molar-refractivity contribution in [2.24, 2.45) is 0 Å². The Morgan fingerprint density at radius 1 is 1.05 bits per heavy atom. The van der Waals surface area contributed by atoms with Crippen LogP contribution in [0.2, 0.25) is 0 Å². The molecule has 108 valence electrons. The first-order chi connectivity index (χ1) is 10.1. The SMILES string of the molecule is C[C@@H](OC(=O)c1ccc(I)cc1)C(=O)Nc1ccccc1. The third kappa shape index (κ3) is 4.56. The third-order valence-electron chi connectivity index (χ3n) is 2.77. The normalized spacial score (nSPS) is 11.5. The molecule has 0 aromatic heterocycles. The van der Waals surface area contributed by atoms with Gasteiger partial charge in [0, 0.05) is 9.26 Å². The Morgan fingerprint density at radius 2 is 1.67 bits per heavy atom. The number of carbonyl (C=O) groups excluding carboxylic acids is 2. The zero-order valence-corrected chi connectivity index (χ0v) is 13.5. The van der Waals surface area contributed by atoms with Crippen molar-refractivity contribution in [1.82, 2.24) is 0 Å². The molecule has 0 bridgehead atoms. The minimum atomic E-state index is -0.864. The predicted molar refractivity (Wildman–Crippen MR) is 89.1 cm³/mol. The number of amides is 1. The van der Waals surface area contributed by atoms with Crippen LogP contribution in [0.5, 0.6) is 0 Å². The number of esters is 1. The lowest BCUT2D eigenvalue weighted by molar-refractivity contribution is -0.123. The van der Waals surface area contributed by atoms with E-state index in [0.717, 1.165) is 3.57 Å². The molecule has 0 aliphatic heterocycles. The maximum Gasteiger partial charge on any atom is 0.338 e. The summed E-state index contributed by atoms with van der Waals surface area (Å²) in [4.78, 5) is 23.9. The molecule has 0 saturated heterocycles. The number of anilines is 1. The Bertz CT molecular complexity index is 626. The van der Waals surface area contributed by atoms with Crippen molar-refractivity contribution in [2.75, 3.05) is 5.32 Å². The van der Waals surface area contributed by atoms with Gasteiger partial charge in [0.1, 0.15) is 0 Å². The minimum absolute atomic E-state index is 0.361. The summed E-state index contributed by atoms with van der Waals surface area (Å²) < 4.78 is 6.18. The molecule has 0 saturated carbocycles. The number of benzene rings is 2. The van der Waals surface area contributed by atoms with Gasteiger partial charge in [-0.25, -0.2) is 4.79 Å². The van der Waals surface area contributed by atoms with Crippen molar-refractivity contribution in [1.29, 1.82) is 0 Å². The van der Waals surface area contributed by atoms with Gasteiger partial charge in [-0.05, 0) is 65.9 Å². The predicted octanol–water partition coefficient (Wildman–Crippen LogP) is 3.48. The van der Waals surface area contributed by atoms with E-state index in [2.05, 4.69) is 27.9 Å². The Hall–Kier alpha value is -1.89. The van der Waals surface area contributed by atoms with Crippen molar-refractivity contribution in [3.8, 4) is 0 Å². The molecule has 0 spiro atoms. The summed E-state index contributed by atoms with van der Waals surface area (Å²) in [6, 6.07) is 16.0. The van der Waals surface area contributed by atoms with Crippen molar-refractivity contribution in [3.63, 3.8) is 0 Å². The van der Waals surface area contributed by atoms with Crippen LogP contribution in [-0.4, -0.2) is 18.0 Å². The van der Waals surface area contributed by atoms with Gasteiger partial charge in [-0.1, -0.05) is 18.2 Å². The van der Waals surface area contributed by atoms with E-state index < -0.39 is 12.1 Å². The summed E-state index contributed by atoms with van der Waals surface area (Å²) in [6.07, 6.45) is -0.864. The maximum atomic E-state index is 11.9. The maximum absolute atomic E-state index is 11.9. The quantitative estimate of drug-likeness (QED) is 0.637. The molecule has 0 heterocycles. The van der Waals surface area contributed by atoms with Crippen molar-refractivity contribution in [3.05, 3.63) is 63.7 Å². The molecule has 2 aromatic rings. The van der Waals surface area contributed by atoms with Crippen LogP contribution in [0.25, 0.3) is 0 Å². The second kappa shape index (κ2) is 7.21. The average molecular weight is 395 g/mol. The summed E-state index contributed by atoms with van der Waals surface area (Å²) in [5.41, 5.74) is 1.09. The van der Waals surface area contributed by atoms with E-state index in [-0.39, 0.29) is 5.91 Å². The van der Waals surface area contributed by atoms with Crippen LogP contribution >= 0.6 is 22.6 Å². The molecule has 1 amide bonds. The smallest absolute Gasteiger partial charge is 0.338 e. The van der Waals surface area contributed by atoms with E-state index in [1.807, 2.05) is 30.3 Å². The topological polar surface area (TPSA) is 55.4 Å². The molecular formula is C16H14INO3. The van der Waals surface area contributed by atoms with Gasteiger partial charge in [0.05, 0.1) is 5.56 Å². The number of halogens is 1. The van der Waals surface area contributed by atoms with E-state index in [1.165, 1.54) is 0 Å². The summed E-state index contributed by atoms with van der Waals surface area (Å²) in [6.45, 7) is 1.54. The molecule has 1 N–H and O–H groups in total. The fraction of sp³-hybridized carbons (Fsp3) is 0.125. The lowest BCUT2D eigenvalue weighted by Crippen LogP contribution is -2.29. The molecule has 21 heavy (non-hydrogen) atoms. The fourth-order valence-electron chi connectivity index (χ4n) is 1.63. The second-order valence-corrected chi connectivity index (χ2v) is 5.66. The van der Waals surface area contributed by atoms with Gasteiger partial charge in [-0.3, -0.25) is 4.79 Å². The van der Waals surface area contributed by atoms with E-state index >= 15 is 0 Å². The molecule has 4 nitrogen and oxygen atoms in total. The molecule has 0 radical (unpaired) electrons. The Kier molecular flexibility index (Phi) is 5.32. The van der Waals surface area contributed by atoms with Gasteiger partial charge in [0.15, 0.2) is 6.10 Å². The first-order valence-electron chi connectivity index (χ1n) is 6.39. The molecule has 2 aromatic carbocycles. The first-order valence-corrected chi connectivity index (χ1v) is 7.46. The summed E-state index contributed by atoms with van der Waals surface area (Å²) >= 11 is 2.15. The third-order valence-corrected chi connectivity index (χ3v) is 3.49. The van der Waals surface area contributed by atoms with Gasteiger partial charge in [-0.15, -0.1) is 0 Å². The van der Waals surface area contributed by atoms with Crippen LogP contribution in [0.15, 0.2) is 54.6 Å². The Labute approximate surface area is 136 Å². The molecule has 5 heteroatoms. The van der Waals surface area contributed by atoms with E-state index in [0.29, 0.717) is 11.3 Å². The highest BCUT2D eigenvalue weighted by Crippen LogP contribution is 2.10. The van der Waals surface area contributed by atoms with Crippen LogP contribution in [-0.2, 0) is 9.53 Å². The van der Waals surface area contributed by atoms with E-state index in [9.17, 15) is 9.59 Å². The summed E-state index contributed by atoms with van der Waals surface area (Å²) in [5.74, 6) is -0.873. The number of hydrogen-bond acceptors (Lipinski definition) is 3. The van der Waals surface area contributed by atoms with Crippen LogP contribution < -0.4 is 5.32 Å². The van der Waals surface area contributed by atoms with Gasteiger partial charge in [0.25, 0.3) is 5.91 Å². The number of rotatable bonds is 4. The summed E-state index contributed by atoms with van der Waals surface area (Å²) in [7, 11) is 0. The average Bonchev–Trinajstić information content (AvgIpc) is 2.48. The standard InChI is InChI=1S/C16H14INO3/c1-11(15(19)18-14-5-3-2-4-6-14)21-16(20)12-7-9-13(17)10-8-12/h2-11H,1H3,(H,18,19)/t11-/m1/s1. The van der Waals surface area contributed by atoms with Gasteiger partial charge < -0.3 is 10.1 Å². The van der Waals surface area contributed by atoms with Gasteiger partial charge in [-0.2, -0.15) is 0 Å². The second-order valence-electron chi connectivity index (χ2n) is 4.41. The molecular weight excluding hydrogens is 381 g/mol. The van der Waals surface area contributed by atoms with Gasteiger partial charge in [0.2, 0.25) is 0 Å². The zero-order chi connectivity index (χ0) is 15.2. The monoisotopic (exact) mass is 395 g/mol.